The van der Waals surface area contributed by atoms with E-state index in [0.29, 0.717) is 0 Å². The second-order valence-corrected chi connectivity index (χ2v) is 5.27. The van der Waals surface area contributed by atoms with Crippen LogP contribution in [0.1, 0.15) is 34.0 Å². The van der Waals surface area contributed by atoms with Crippen molar-refractivity contribution < 1.29 is 0 Å². The number of hydrogen-bond donors (Lipinski definition) is 2. The topological polar surface area (TPSA) is 50.9 Å². The number of nitrogens with two attached hydrogens (primary N) is 1. The van der Waals surface area contributed by atoms with Crippen molar-refractivity contribution in [2.45, 2.75) is 26.3 Å². The summed E-state index contributed by atoms with van der Waals surface area (Å²) in [5.74, 6) is 5.69. The first-order valence-corrected chi connectivity index (χ1v) is 6.54. The smallest absolute Gasteiger partial charge is 0.0975 e. The third kappa shape index (κ3) is 2.54. The van der Waals surface area contributed by atoms with Crippen molar-refractivity contribution in [1.29, 1.82) is 0 Å². The molecule has 0 bridgehead atoms. The molecule has 90 valence electrons. The van der Waals surface area contributed by atoms with Gasteiger partial charge in [0.2, 0.25) is 0 Å². The van der Waals surface area contributed by atoms with Gasteiger partial charge in [0.15, 0.2) is 0 Å². The molecule has 0 spiro atoms. The van der Waals surface area contributed by atoms with Crippen LogP contribution in [0.25, 0.3) is 0 Å². The molecule has 0 aromatic carbocycles. The maximum Gasteiger partial charge on any atom is 0.0975 e. The van der Waals surface area contributed by atoms with E-state index in [-0.39, 0.29) is 6.04 Å². The van der Waals surface area contributed by atoms with Crippen molar-refractivity contribution in [2.75, 3.05) is 0 Å². The molecule has 3 nitrogen and oxygen atoms in total. The summed E-state index contributed by atoms with van der Waals surface area (Å²) in [5.41, 5.74) is 5.14. The summed E-state index contributed by atoms with van der Waals surface area (Å²) in [7, 11) is 0. The molecule has 17 heavy (non-hydrogen) atoms. The van der Waals surface area contributed by atoms with Crippen molar-refractivity contribution in [3.63, 3.8) is 0 Å². The molecule has 2 aromatic heterocycles. The third-order valence-corrected chi connectivity index (χ3v) is 3.86. The van der Waals surface area contributed by atoms with Crippen LogP contribution in [0.5, 0.6) is 0 Å². The van der Waals surface area contributed by atoms with Crippen molar-refractivity contribution in [3.8, 4) is 0 Å². The third-order valence-electron chi connectivity index (χ3n) is 2.79. The van der Waals surface area contributed by atoms with Gasteiger partial charge in [-0.3, -0.25) is 10.8 Å². The summed E-state index contributed by atoms with van der Waals surface area (Å²) in [6.45, 7) is 4.23. The molecule has 0 fully saturated rings. The Morgan fingerprint density at radius 3 is 2.82 bits per heavy atom. The number of hydrazine groups is 1. The molecule has 4 heteroatoms. The fourth-order valence-electron chi connectivity index (χ4n) is 1.91. The number of thiophene rings is 1. The van der Waals surface area contributed by atoms with E-state index in [4.69, 9.17) is 5.84 Å². The molecule has 2 aromatic rings. The maximum atomic E-state index is 5.69. The molecule has 0 aliphatic carbocycles. The van der Waals surface area contributed by atoms with Crippen LogP contribution in [0.4, 0.5) is 0 Å². The highest BCUT2D eigenvalue weighted by Gasteiger charge is 2.18. The molecule has 0 saturated heterocycles. The van der Waals surface area contributed by atoms with Gasteiger partial charge >= 0.3 is 0 Å². The number of aromatic nitrogens is 1. The number of nitrogens with one attached hydrogen (secondary N) is 1. The molecule has 0 radical (unpaired) electrons. The van der Waals surface area contributed by atoms with E-state index in [1.807, 2.05) is 12.3 Å². The predicted octanol–water partition coefficient (Wildman–Crippen LogP) is 2.57. The minimum absolute atomic E-state index is 0.00940. The Balaban J connectivity index is 2.41. The Morgan fingerprint density at radius 2 is 2.24 bits per heavy atom. The van der Waals surface area contributed by atoms with Gasteiger partial charge in [-0.25, -0.2) is 5.43 Å². The molecule has 2 heterocycles. The lowest BCUT2D eigenvalue weighted by Gasteiger charge is -2.16. The molecule has 0 saturated carbocycles. The minimum atomic E-state index is -0.00940. The first-order chi connectivity index (χ1) is 8.26. The van der Waals surface area contributed by atoms with E-state index in [1.54, 1.807) is 11.3 Å². The zero-order valence-corrected chi connectivity index (χ0v) is 10.9. The van der Waals surface area contributed by atoms with Crippen molar-refractivity contribution in [2.24, 2.45) is 5.84 Å². The van der Waals surface area contributed by atoms with E-state index in [1.165, 1.54) is 15.3 Å². The summed E-state index contributed by atoms with van der Waals surface area (Å²) >= 11 is 1.75. The van der Waals surface area contributed by atoms with E-state index >= 15 is 0 Å². The van der Waals surface area contributed by atoms with Crippen LogP contribution in [0.2, 0.25) is 0 Å². The fourth-order valence-corrected chi connectivity index (χ4v) is 2.86. The van der Waals surface area contributed by atoms with Crippen LogP contribution in [0.15, 0.2) is 30.5 Å². The molecule has 0 aliphatic rings. The zero-order valence-electron chi connectivity index (χ0n) is 10.1. The highest BCUT2D eigenvalue weighted by molar-refractivity contribution is 7.12. The van der Waals surface area contributed by atoms with Crippen molar-refractivity contribution in [3.05, 3.63) is 51.5 Å². The monoisotopic (exact) mass is 247 g/mol. The SMILES string of the molecule is CCc1cccnc1C(NN)c1ccc(C)s1. The molecule has 3 N–H and O–H groups in total. The normalized spacial score (nSPS) is 12.6. The van der Waals surface area contributed by atoms with Gasteiger partial charge in [-0.2, -0.15) is 0 Å². The molecule has 1 unspecified atom stereocenters. The Kier molecular flexibility index (Phi) is 3.89. The number of pyridine rings is 1. The average Bonchev–Trinajstić information content (AvgIpc) is 2.77. The Bertz CT molecular complexity index is 493. The summed E-state index contributed by atoms with van der Waals surface area (Å²) in [4.78, 5) is 6.96. The Morgan fingerprint density at radius 1 is 1.41 bits per heavy atom. The summed E-state index contributed by atoms with van der Waals surface area (Å²) in [6.07, 6.45) is 2.78. The first kappa shape index (κ1) is 12.2. The molecule has 2 rings (SSSR count). The number of rotatable bonds is 4. The molecule has 0 amide bonds. The largest absolute Gasteiger partial charge is 0.270 e. The van der Waals surface area contributed by atoms with E-state index < -0.39 is 0 Å². The van der Waals surface area contributed by atoms with Crippen LogP contribution in [-0.4, -0.2) is 4.98 Å². The summed E-state index contributed by atoms with van der Waals surface area (Å²) in [6, 6.07) is 8.28. The van der Waals surface area contributed by atoms with Crippen LogP contribution < -0.4 is 11.3 Å². The van der Waals surface area contributed by atoms with E-state index in [2.05, 4.69) is 42.5 Å². The summed E-state index contributed by atoms with van der Waals surface area (Å²) < 4.78 is 0. The Hall–Kier alpha value is -1.23. The second-order valence-electron chi connectivity index (χ2n) is 3.95. The van der Waals surface area contributed by atoms with Crippen LogP contribution in [-0.2, 0) is 6.42 Å². The quantitative estimate of drug-likeness (QED) is 0.645. The highest BCUT2D eigenvalue weighted by atomic mass is 32.1. The van der Waals surface area contributed by atoms with Crippen molar-refractivity contribution >= 4 is 11.3 Å². The van der Waals surface area contributed by atoms with Crippen molar-refractivity contribution in [1.82, 2.24) is 10.4 Å². The number of nitrogens with zero attached hydrogens (tertiary/aromatic N) is 1. The molecule has 0 aliphatic heterocycles. The van der Waals surface area contributed by atoms with Gasteiger partial charge < -0.3 is 0 Å². The lowest BCUT2D eigenvalue weighted by molar-refractivity contribution is 0.623. The molecular formula is C13H17N3S. The number of hydrogen-bond acceptors (Lipinski definition) is 4. The molecular weight excluding hydrogens is 230 g/mol. The number of aryl methyl sites for hydroxylation is 2. The van der Waals surface area contributed by atoms with Crippen LogP contribution in [0.3, 0.4) is 0 Å². The minimum Gasteiger partial charge on any atom is -0.270 e. The molecule has 1 atom stereocenters. The Labute approximate surface area is 106 Å². The van der Waals surface area contributed by atoms with Gasteiger partial charge in [-0.1, -0.05) is 13.0 Å². The van der Waals surface area contributed by atoms with Gasteiger partial charge in [0.05, 0.1) is 11.7 Å². The summed E-state index contributed by atoms with van der Waals surface area (Å²) in [5, 5.41) is 0. The van der Waals surface area contributed by atoms with Crippen LogP contribution in [0, 0.1) is 6.92 Å². The zero-order chi connectivity index (χ0) is 12.3. The van der Waals surface area contributed by atoms with E-state index in [0.717, 1.165) is 12.1 Å². The van der Waals surface area contributed by atoms with Gasteiger partial charge in [0, 0.05) is 16.0 Å². The second kappa shape index (κ2) is 5.40. The highest BCUT2D eigenvalue weighted by Crippen LogP contribution is 2.28. The average molecular weight is 247 g/mol. The fraction of sp³-hybridized carbons (Fsp3) is 0.308. The van der Waals surface area contributed by atoms with Gasteiger partial charge in [-0.15, -0.1) is 11.3 Å². The van der Waals surface area contributed by atoms with Gasteiger partial charge in [0.25, 0.3) is 0 Å². The van der Waals surface area contributed by atoms with Gasteiger partial charge in [0.1, 0.15) is 0 Å². The van der Waals surface area contributed by atoms with E-state index in [9.17, 15) is 0 Å². The maximum absolute atomic E-state index is 5.69. The lowest BCUT2D eigenvalue weighted by Crippen LogP contribution is -2.29. The lowest BCUT2D eigenvalue weighted by atomic mass is 10.0. The first-order valence-electron chi connectivity index (χ1n) is 5.72. The predicted molar refractivity (Wildman–Crippen MR) is 71.8 cm³/mol. The van der Waals surface area contributed by atoms with Gasteiger partial charge in [-0.05, 0) is 37.1 Å². The standard InChI is InChI=1S/C13H17N3S/c1-3-10-5-4-8-15-12(10)13(16-14)11-7-6-9(2)17-11/h4-8,13,16H,3,14H2,1-2H3. The van der Waals surface area contributed by atoms with Crippen LogP contribution >= 0.6 is 11.3 Å².